The Morgan fingerprint density at radius 3 is 2.62 bits per heavy atom. The molecule has 4 aromatic heterocycles. The molecule has 0 spiro atoms. The van der Waals surface area contributed by atoms with Crippen LogP contribution in [0.4, 0.5) is 0 Å². The monoisotopic (exact) mass is 545 g/mol. The lowest BCUT2D eigenvalue weighted by atomic mass is 10.1. The van der Waals surface area contributed by atoms with Crippen LogP contribution in [0.2, 0.25) is 0 Å². The quantitative estimate of drug-likeness (QED) is 0.329. The molecule has 4 heterocycles. The number of hydrogen-bond acceptors (Lipinski definition) is 7. The third kappa shape index (κ3) is 4.42. The van der Waals surface area contributed by atoms with Crippen LogP contribution >= 0.6 is 11.3 Å². The second-order valence-corrected chi connectivity index (χ2v) is 10.3. The number of nitrogens with one attached hydrogen (secondary N) is 1. The number of amides is 1. The minimum absolute atomic E-state index is 0.277. The van der Waals surface area contributed by atoms with E-state index < -0.39 is 6.04 Å². The van der Waals surface area contributed by atoms with E-state index in [4.69, 9.17) is 4.98 Å². The average molecular weight is 546 g/mol. The number of carbonyl (C=O) groups is 1. The summed E-state index contributed by atoms with van der Waals surface area (Å²) in [7, 11) is 0. The van der Waals surface area contributed by atoms with Crippen LogP contribution in [-0.4, -0.2) is 35.0 Å². The highest BCUT2D eigenvalue weighted by Crippen LogP contribution is 2.22. The molecular formula is C30H23N7O2S. The van der Waals surface area contributed by atoms with Gasteiger partial charge in [0.25, 0.3) is 11.5 Å². The Balaban J connectivity index is 1.48. The maximum absolute atomic E-state index is 14.2. The van der Waals surface area contributed by atoms with E-state index in [9.17, 15) is 9.59 Å². The minimum Gasteiger partial charge on any atom is -0.342 e. The van der Waals surface area contributed by atoms with E-state index in [1.807, 2.05) is 43.3 Å². The SMILES string of the molecule is Cc1nn2cccnc2c1C(=O)NC(C)c1nc2cccc(C#Cc3ncsc3C)c2c(=O)n1-c1ccccc1. The van der Waals surface area contributed by atoms with Gasteiger partial charge in [-0.05, 0) is 57.0 Å². The van der Waals surface area contributed by atoms with Crippen molar-refractivity contribution < 1.29 is 4.79 Å². The van der Waals surface area contributed by atoms with Crippen LogP contribution in [0, 0.1) is 25.7 Å². The largest absolute Gasteiger partial charge is 0.342 e. The van der Waals surface area contributed by atoms with Crippen molar-refractivity contribution in [3.05, 3.63) is 116 Å². The third-order valence-electron chi connectivity index (χ3n) is 6.53. The fourth-order valence-corrected chi connectivity index (χ4v) is 5.15. The minimum atomic E-state index is -0.629. The summed E-state index contributed by atoms with van der Waals surface area (Å²) < 4.78 is 3.10. The summed E-state index contributed by atoms with van der Waals surface area (Å²) in [5.41, 5.74) is 5.21. The molecule has 0 saturated carbocycles. The first kappa shape index (κ1) is 25.2. The molecule has 1 unspecified atom stereocenters. The van der Waals surface area contributed by atoms with Crippen LogP contribution in [0.15, 0.2) is 77.3 Å². The second-order valence-electron chi connectivity index (χ2n) is 9.20. The van der Waals surface area contributed by atoms with Gasteiger partial charge in [-0.15, -0.1) is 11.3 Å². The van der Waals surface area contributed by atoms with Gasteiger partial charge in [0.15, 0.2) is 5.65 Å². The zero-order chi connectivity index (χ0) is 27.8. The fourth-order valence-electron chi connectivity index (χ4n) is 4.62. The van der Waals surface area contributed by atoms with Crippen molar-refractivity contribution >= 4 is 33.8 Å². The molecule has 1 N–H and O–H groups in total. The summed E-state index contributed by atoms with van der Waals surface area (Å²) >= 11 is 1.52. The number of rotatable bonds is 4. The Morgan fingerprint density at radius 1 is 1.02 bits per heavy atom. The summed E-state index contributed by atoms with van der Waals surface area (Å²) in [5, 5.41) is 7.80. The predicted octanol–water partition coefficient (Wildman–Crippen LogP) is 4.39. The highest BCUT2D eigenvalue weighted by molar-refractivity contribution is 7.09. The van der Waals surface area contributed by atoms with E-state index in [0.29, 0.717) is 50.6 Å². The van der Waals surface area contributed by atoms with E-state index in [1.54, 1.807) is 54.5 Å². The van der Waals surface area contributed by atoms with E-state index in [-0.39, 0.29) is 11.5 Å². The molecule has 6 aromatic rings. The zero-order valence-corrected chi connectivity index (χ0v) is 22.7. The van der Waals surface area contributed by atoms with Crippen molar-refractivity contribution in [3.8, 4) is 17.5 Å². The predicted molar refractivity (Wildman–Crippen MR) is 154 cm³/mol. The molecule has 0 bridgehead atoms. The number of para-hydroxylation sites is 1. The summed E-state index contributed by atoms with van der Waals surface area (Å²) in [6.07, 6.45) is 3.36. The number of aryl methyl sites for hydroxylation is 2. The highest BCUT2D eigenvalue weighted by Gasteiger charge is 2.24. The van der Waals surface area contributed by atoms with Crippen molar-refractivity contribution in [2.45, 2.75) is 26.8 Å². The molecule has 0 aliphatic rings. The van der Waals surface area contributed by atoms with Crippen LogP contribution < -0.4 is 10.9 Å². The molecule has 0 fully saturated rings. The summed E-state index contributed by atoms with van der Waals surface area (Å²) in [6, 6.07) is 15.8. The van der Waals surface area contributed by atoms with Crippen molar-refractivity contribution in [1.29, 1.82) is 0 Å². The normalized spacial score (nSPS) is 11.8. The van der Waals surface area contributed by atoms with E-state index >= 15 is 0 Å². The van der Waals surface area contributed by atoms with Crippen molar-refractivity contribution in [1.82, 2.24) is 34.4 Å². The molecule has 0 aliphatic carbocycles. The molecule has 10 heteroatoms. The topological polar surface area (TPSA) is 107 Å². The Hall–Kier alpha value is -5.14. The Labute approximate surface area is 233 Å². The molecule has 2 aromatic carbocycles. The van der Waals surface area contributed by atoms with E-state index in [1.165, 1.54) is 15.9 Å². The van der Waals surface area contributed by atoms with Gasteiger partial charge >= 0.3 is 0 Å². The summed E-state index contributed by atoms with van der Waals surface area (Å²) in [5.74, 6) is 6.25. The lowest BCUT2D eigenvalue weighted by Crippen LogP contribution is -2.33. The van der Waals surface area contributed by atoms with Gasteiger partial charge in [0.05, 0.1) is 33.8 Å². The summed E-state index contributed by atoms with van der Waals surface area (Å²) in [4.78, 5) is 42.1. The Morgan fingerprint density at radius 2 is 1.85 bits per heavy atom. The number of carbonyl (C=O) groups excluding carboxylic acids is 1. The zero-order valence-electron chi connectivity index (χ0n) is 21.9. The number of thiazole rings is 1. The van der Waals surface area contributed by atoms with Crippen LogP contribution in [0.5, 0.6) is 0 Å². The molecule has 1 atom stereocenters. The van der Waals surface area contributed by atoms with E-state index in [0.717, 1.165) is 4.88 Å². The number of aromatic nitrogens is 6. The first-order chi connectivity index (χ1) is 19.4. The van der Waals surface area contributed by atoms with Gasteiger partial charge in [-0.2, -0.15) is 5.10 Å². The van der Waals surface area contributed by atoms with Gasteiger partial charge in [0.1, 0.15) is 17.1 Å². The summed E-state index contributed by atoms with van der Waals surface area (Å²) in [6.45, 7) is 5.52. The van der Waals surface area contributed by atoms with Gasteiger partial charge < -0.3 is 5.32 Å². The lowest BCUT2D eigenvalue weighted by molar-refractivity contribution is 0.0938. The Kier molecular flexibility index (Phi) is 6.42. The van der Waals surface area contributed by atoms with Crippen LogP contribution in [0.25, 0.3) is 22.2 Å². The smallest absolute Gasteiger partial charge is 0.267 e. The molecule has 40 heavy (non-hydrogen) atoms. The number of fused-ring (bicyclic) bond motifs is 2. The molecular weight excluding hydrogens is 522 g/mol. The van der Waals surface area contributed by atoms with Gasteiger partial charge in [0, 0.05) is 22.8 Å². The van der Waals surface area contributed by atoms with Crippen LogP contribution in [0.3, 0.4) is 0 Å². The first-order valence-corrected chi connectivity index (χ1v) is 13.4. The molecule has 1 amide bonds. The number of benzene rings is 2. The van der Waals surface area contributed by atoms with Gasteiger partial charge in [-0.1, -0.05) is 30.2 Å². The Bertz CT molecular complexity index is 2030. The average Bonchev–Trinajstić information content (AvgIpc) is 3.53. The van der Waals surface area contributed by atoms with E-state index in [2.05, 4.69) is 32.2 Å². The molecule has 196 valence electrons. The van der Waals surface area contributed by atoms with Crippen molar-refractivity contribution in [2.75, 3.05) is 0 Å². The first-order valence-electron chi connectivity index (χ1n) is 12.6. The molecule has 9 nitrogen and oxygen atoms in total. The standard InChI is InChI=1S/C30H23N7O2S/c1-18-25(28-31-15-8-16-36(28)35-18)29(38)33-19(2)27-34-24-12-7-9-21(13-14-23-20(3)40-17-32-23)26(24)30(39)37(27)22-10-5-4-6-11-22/h4-12,15-17,19H,1-3H3,(H,33,38). The fraction of sp³-hybridized carbons (Fsp3) is 0.133. The van der Waals surface area contributed by atoms with Crippen molar-refractivity contribution in [2.24, 2.45) is 0 Å². The lowest BCUT2D eigenvalue weighted by Gasteiger charge is -2.20. The van der Waals surface area contributed by atoms with Gasteiger partial charge in [-0.25, -0.2) is 19.5 Å². The van der Waals surface area contributed by atoms with Crippen molar-refractivity contribution in [3.63, 3.8) is 0 Å². The molecule has 0 saturated heterocycles. The van der Waals surface area contributed by atoms with Gasteiger partial charge in [-0.3, -0.25) is 14.2 Å². The number of hydrogen-bond donors (Lipinski definition) is 1. The van der Waals surface area contributed by atoms with Crippen LogP contribution in [0.1, 0.15) is 51.0 Å². The van der Waals surface area contributed by atoms with Crippen LogP contribution in [-0.2, 0) is 0 Å². The second kappa shape index (κ2) is 10.2. The van der Waals surface area contributed by atoms with Gasteiger partial charge in [0.2, 0.25) is 0 Å². The molecule has 6 rings (SSSR count). The maximum Gasteiger partial charge on any atom is 0.267 e. The third-order valence-corrected chi connectivity index (χ3v) is 7.29. The molecule has 0 aliphatic heterocycles. The maximum atomic E-state index is 14.2. The molecule has 0 radical (unpaired) electrons. The highest BCUT2D eigenvalue weighted by atomic mass is 32.1. The number of nitrogens with zero attached hydrogens (tertiary/aromatic N) is 6.